The summed E-state index contributed by atoms with van der Waals surface area (Å²) in [5.41, 5.74) is -0.606. The van der Waals surface area contributed by atoms with Crippen LogP contribution in [0, 0.1) is 11.8 Å². The van der Waals surface area contributed by atoms with Gasteiger partial charge in [0.2, 0.25) is 27.7 Å². The second-order valence-electron chi connectivity index (χ2n) is 11.4. The topological polar surface area (TPSA) is 151 Å². The van der Waals surface area contributed by atoms with Gasteiger partial charge < -0.3 is 20.3 Å². The average molecular weight is 571 g/mol. The van der Waals surface area contributed by atoms with Crippen LogP contribution in [0.15, 0.2) is 12.2 Å². The Morgan fingerprint density at radius 2 is 1.74 bits per heavy atom. The van der Waals surface area contributed by atoms with Crippen LogP contribution in [0.25, 0.3) is 0 Å². The number of hydrogen-bond acceptors (Lipinski definition) is 7. The van der Waals surface area contributed by atoms with Crippen molar-refractivity contribution in [2.24, 2.45) is 11.8 Å². The first-order valence-electron chi connectivity index (χ1n) is 14.0. The first-order valence-corrected chi connectivity index (χ1v) is 15.5. The summed E-state index contributed by atoms with van der Waals surface area (Å²) in [4.78, 5) is 48.4. The highest BCUT2D eigenvalue weighted by molar-refractivity contribution is 7.90. The maximum Gasteiger partial charge on any atom is 0.408 e. The van der Waals surface area contributed by atoms with Gasteiger partial charge >= 0.3 is 6.09 Å². The van der Waals surface area contributed by atoms with E-state index in [1.807, 2.05) is 0 Å². The molecule has 1 aliphatic heterocycles. The summed E-state index contributed by atoms with van der Waals surface area (Å²) in [6.45, 7) is 7.78. The molecule has 3 atom stereocenters. The van der Waals surface area contributed by atoms with Crippen molar-refractivity contribution in [3.8, 4) is 0 Å². The Morgan fingerprint density at radius 1 is 1.05 bits per heavy atom. The van der Waals surface area contributed by atoms with Crippen molar-refractivity contribution in [1.29, 1.82) is 0 Å². The number of sulfonamides is 1. The van der Waals surface area contributed by atoms with Crippen molar-refractivity contribution < 1.29 is 32.3 Å². The molecule has 3 aliphatic rings. The van der Waals surface area contributed by atoms with Crippen LogP contribution in [0.4, 0.5) is 4.79 Å². The standard InChI is InChI=1S/C14H23NO3S.C13H23N3O4/c1-2-3-4-5-6-7-11-10-13(11)14(16)15-19(17,18)12-8-9-12;1-13(2,3)20-12(19)15-8-10(17)16-7-5-6-9(16)11(18)14-4/h6-7,11-13H,2-5,8-10H2,1H3,(H,15,16);9H,5-8H2,1-4H3,(H,14,18)(H,15,19)/b7-6-;. The molecule has 0 aromatic heterocycles. The van der Waals surface area contributed by atoms with Gasteiger partial charge in [0.25, 0.3) is 0 Å². The quantitative estimate of drug-likeness (QED) is 0.255. The van der Waals surface area contributed by atoms with Crippen molar-refractivity contribution in [2.45, 2.75) is 102 Å². The number of hydrogen-bond donors (Lipinski definition) is 3. The Labute approximate surface area is 232 Å². The Bertz CT molecular complexity index is 1000. The third kappa shape index (κ3) is 11.6. The van der Waals surface area contributed by atoms with Gasteiger partial charge in [0.1, 0.15) is 18.2 Å². The zero-order valence-corrected chi connectivity index (χ0v) is 24.8. The predicted molar refractivity (Wildman–Crippen MR) is 148 cm³/mol. The van der Waals surface area contributed by atoms with E-state index in [1.165, 1.54) is 24.2 Å². The number of unbranched alkanes of at least 4 members (excludes halogenated alkanes) is 3. The van der Waals surface area contributed by atoms with Gasteiger partial charge in [-0.3, -0.25) is 19.1 Å². The molecule has 1 heterocycles. The van der Waals surface area contributed by atoms with Crippen LogP contribution in [-0.2, 0) is 29.1 Å². The number of alkyl carbamates (subject to hydrolysis) is 1. The van der Waals surface area contributed by atoms with E-state index in [2.05, 4.69) is 34.4 Å². The molecule has 222 valence electrons. The van der Waals surface area contributed by atoms with Crippen molar-refractivity contribution in [3.05, 3.63) is 12.2 Å². The zero-order chi connectivity index (χ0) is 29.2. The number of carbonyl (C=O) groups excluding carboxylic acids is 4. The largest absolute Gasteiger partial charge is 0.444 e. The summed E-state index contributed by atoms with van der Waals surface area (Å²) in [6.07, 6.45) is 11.9. The fourth-order valence-electron chi connectivity index (χ4n) is 4.26. The lowest BCUT2D eigenvalue weighted by atomic mass is 10.2. The van der Waals surface area contributed by atoms with Crippen LogP contribution >= 0.6 is 0 Å². The fourth-order valence-corrected chi connectivity index (χ4v) is 5.61. The third-order valence-corrected chi connectivity index (χ3v) is 8.48. The van der Waals surface area contributed by atoms with Gasteiger partial charge in [-0.25, -0.2) is 13.2 Å². The number of likely N-dealkylation sites (N-methyl/N-ethyl adjacent to an activating group) is 1. The lowest BCUT2D eigenvalue weighted by molar-refractivity contribution is -0.137. The molecule has 1 saturated heterocycles. The third-order valence-electron chi connectivity index (χ3n) is 6.65. The molecule has 0 aromatic carbocycles. The van der Waals surface area contributed by atoms with Gasteiger partial charge in [-0.1, -0.05) is 31.9 Å². The fraction of sp³-hybridized carbons (Fsp3) is 0.778. The molecule has 0 aromatic rings. The average Bonchev–Trinajstić information content (AvgIpc) is 3.78. The molecule has 0 spiro atoms. The number of carbonyl (C=O) groups is 4. The molecule has 3 N–H and O–H groups in total. The van der Waals surface area contributed by atoms with E-state index in [0.29, 0.717) is 25.8 Å². The summed E-state index contributed by atoms with van der Waals surface area (Å²) < 4.78 is 30.5. The van der Waals surface area contributed by atoms with Crippen LogP contribution in [0.1, 0.15) is 85.5 Å². The monoisotopic (exact) mass is 570 g/mol. The van der Waals surface area contributed by atoms with Gasteiger partial charge in [0.05, 0.1) is 5.25 Å². The summed E-state index contributed by atoms with van der Waals surface area (Å²) in [5.74, 6) is -0.642. The predicted octanol–water partition coefficient (Wildman–Crippen LogP) is 2.62. The van der Waals surface area contributed by atoms with E-state index in [9.17, 15) is 27.6 Å². The molecule has 0 bridgehead atoms. The second-order valence-corrected chi connectivity index (χ2v) is 13.3. The van der Waals surface area contributed by atoms with E-state index in [-0.39, 0.29) is 41.4 Å². The summed E-state index contributed by atoms with van der Waals surface area (Å²) in [7, 11) is -1.83. The first-order chi connectivity index (χ1) is 18.3. The van der Waals surface area contributed by atoms with E-state index in [1.54, 1.807) is 27.8 Å². The molecule has 2 saturated carbocycles. The van der Waals surface area contributed by atoms with Crippen LogP contribution in [0.5, 0.6) is 0 Å². The highest BCUT2D eigenvalue weighted by Crippen LogP contribution is 2.40. The van der Waals surface area contributed by atoms with Crippen LogP contribution < -0.4 is 15.4 Å². The number of allylic oxidation sites excluding steroid dienone is 2. The summed E-state index contributed by atoms with van der Waals surface area (Å²) >= 11 is 0. The molecule has 3 rings (SSSR count). The minimum absolute atomic E-state index is 0.129. The van der Waals surface area contributed by atoms with Crippen molar-refractivity contribution >= 4 is 33.8 Å². The second kappa shape index (κ2) is 14.7. The normalized spacial score (nSPS) is 22.5. The Balaban J connectivity index is 0.000000274. The number of nitrogens with one attached hydrogen (secondary N) is 3. The number of amides is 4. The molecule has 2 aliphatic carbocycles. The van der Waals surface area contributed by atoms with Crippen molar-refractivity contribution in [3.63, 3.8) is 0 Å². The molecule has 11 nitrogen and oxygen atoms in total. The van der Waals surface area contributed by atoms with Crippen LogP contribution in [0.2, 0.25) is 0 Å². The Morgan fingerprint density at radius 3 is 2.33 bits per heavy atom. The first kappa shape index (κ1) is 32.6. The van der Waals surface area contributed by atoms with Crippen molar-refractivity contribution in [1.82, 2.24) is 20.3 Å². The van der Waals surface area contributed by atoms with Gasteiger partial charge in [0.15, 0.2) is 0 Å². The SMILES string of the molecule is CCCCC/C=C\C1CC1C(=O)NS(=O)(=O)C1CC1.CNC(=O)C1CCCN1C(=O)CNC(=O)OC(C)(C)C. The van der Waals surface area contributed by atoms with Gasteiger partial charge in [0, 0.05) is 19.5 Å². The molecule has 39 heavy (non-hydrogen) atoms. The Kier molecular flexibility index (Phi) is 12.3. The van der Waals surface area contributed by atoms with Gasteiger partial charge in [-0.2, -0.15) is 0 Å². The molecule has 12 heteroatoms. The number of ether oxygens (including phenoxy) is 1. The lowest BCUT2D eigenvalue weighted by Crippen LogP contribution is -2.48. The number of nitrogens with zero attached hydrogens (tertiary/aromatic N) is 1. The van der Waals surface area contributed by atoms with E-state index >= 15 is 0 Å². The maximum atomic E-state index is 12.0. The molecule has 3 unspecified atom stereocenters. The van der Waals surface area contributed by atoms with Crippen molar-refractivity contribution in [2.75, 3.05) is 20.1 Å². The van der Waals surface area contributed by atoms with E-state index in [0.717, 1.165) is 19.3 Å². The zero-order valence-electron chi connectivity index (χ0n) is 24.0. The van der Waals surface area contributed by atoms with E-state index in [4.69, 9.17) is 4.74 Å². The number of rotatable bonds is 11. The highest BCUT2D eigenvalue weighted by Gasteiger charge is 2.45. The highest BCUT2D eigenvalue weighted by atomic mass is 32.2. The van der Waals surface area contributed by atoms with Gasteiger partial charge in [-0.15, -0.1) is 0 Å². The smallest absolute Gasteiger partial charge is 0.408 e. The van der Waals surface area contributed by atoms with Gasteiger partial charge in [-0.05, 0) is 71.6 Å². The Hall–Kier alpha value is -2.63. The molecular weight excluding hydrogens is 524 g/mol. The molecule has 4 amide bonds. The van der Waals surface area contributed by atoms with Crippen LogP contribution in [0.3, 0.4) is 0 Å². The van der Waals surface area contributed by atoms with E-state index < -0.39 is 27.8 Å². The minimum atomic E-state index is -3.37. The maximum absolute atomic E-state index is 12.0. The number of likely N-dealkylation sites (tertiary alicyclic amines) is 1. The summed E-state index contributed by atoms with van der Waals surface area (Å²) in [5, 5.41) is 4.63. The lowest BCUT2D eigenvalue weighted by Gasteiger charge is -2.24. The molecule has 3 fully saturated rings. The molecule has 0 radical (unpaired) electrons. The molecular formula is C27H46N4O7S. The van der Waals surface area contributed by atoms with Crippen LogP contribution in [-0.4, -0.2) is 74.2 Å². The minimum Gasteiger partial charge on any atom is -0.444 e. The summed E-state index contributed by atoms with van der Waals surface area (Å²) in [6, 6.07) is -0.437.